The SMILES string of the molecule is C[I-]C12CCCC1CCC2. The molecule has 0 atom stereocenters. The van der Waals surface area contributed by atoms with Gasteiger partial charge in [-0.3, -0.25) is 0 Å². The van der Waals surface area contributed by atoms with Gasteiger partial charge in [-0.1, -0.05) is 0 Å². The second-order valence-corrected chi connectivity index (χ2v) is 6.93. The summed E-state index contributed by atoms with van der Waals surface area (Å²) in [5.74, 6) is 1.19. The van der Waals surface area contributed by atoms with Crippen molar-refractivity contribution in [1.29, 1.82) is 0 Å². The van der Waals surface area contributed by atoms with Crippen molar-refractivity contribution in [3.05, 3.63) is 0 Å². The van der Waals surface area contributed by atoms with Crippen molar-refractivity contribution >= 4 is 0 Å². The standard InChI is InChI=1S/C9H16I/c1-10-9-6-2-4-8(9)5-3-7-9/h8H,2-7H2,1H3/q-1. The molecule has 0 amide bonds. The molecule has 0 saturated heterocycles. The molecule has 0 aliphatic heterocycles. The number of rotatable bonds is 1. The first-order chi connectivity index (χ1) is 4.87. The maximum absolute atomic E-state index is 2.50. The molecule has 0 aromatic carbocycles. The first-order valence-corrected chi connectivity index (χ1v) is 7.62. The van der Waals surface area contributed by atoms with Gasteiger partial charge in [0.25, 0.3) is 0 Å². The molecular weight excluding hydrogens is 235 g/mol. The van der Waals surface area contributed by atoms with Gasteiger partial charge < -0.3 is 0 Å². The van der Waals surface area contributed by atoms with Gasteiger partial charge in [-0.2, -0.15) is 0 Å². The van der Waals surface area contributed by atoms with Crippen LogP contribution in [-0.2, 0) is 0 Å². The topological polar surface area (TPSA) is 0 Å². The van der Waals surface area contributed by atoms with Crippen molar-refractivity contribution < 1.29 is 21.2 Å². The molecule has 2 aliphatic rings. The fourth-order valence-electron chi connectivity index (χ4n) is 2.82. The van der Waals surface area contributed by atoms with E-state index in [1.807, 2.05) is 0 Å². The summed E-state index contributed by atoms with van der Waals surface area (Å²) in [7, 11) is 0. The van der Waals surface area contributed by atoms with Crippen molar-refractivity contribution in [2.24, 2.45) is 5.92 Å². The Balaban J connectivity index is 2.15. The Kier molecular flexibility index (Phi) is 1.96. The Morgan fingerprint density at radius 3 is 2.20 bits per heavy atom. The summed E-state index contributed by atoms with van der Waals surface area (Å²) < 4.78 is 0.957. The Hall–Kier alpha value is 0.730. The van der Waals surface area contributed by atoms with Crippen LogP contribution in [-0.4, -0.2) is 8.35 Å². The number of hydrogen-bond acceptors (Lipinski definition) is 0. The second-order valence-electron chi connectivity index (χ2n) is 3.70. The zero-order valence-corrected chi connectivity index (χ0v) is 8.86. The fourth-order valence-corrected chi connectivity index (χ4v) is 6.17. The van der Waals surface area contributed by atoms with Gasteiger partial charge in [-0.15, -0.1) is 0 Å². The van der Waals surface area contributed by atoms with Crippen LogP contribution >= 0.6 is 0 Å². The zero-order chi connectivity index (χ0) is 7.03. The number of alkyl halides is 2. The van der Waals surface area contributed by atoms with Gasteiger partial charge in [-0.25, -0.2) is 0 Å². The fraction of sp³-hybridized carbons (Fsp3) is 1.00. The Morgan fingerprint density at radius 2 is 1.80 bits per heavy atom. The molecule has 0 unspecified atom stereocenters. The van der Waals surface area contributed by atoms with Gasteiger partial charge in [0.15, 0.2) is 0 Å². The summed E-state index contributed by atoms with van der Waals surface area (Å²) in [4.78, 5) is 2.50. The van der Waals surface area contributed by atoms with E-state index in [0.29, 0.717) is 21.2 Å². The van der Waals surface area contributed by atoms with Crippen molar-refractivity contribution in [3.8, 4) is 0 Å². The van der Waals surface area contributed by atoms with Crippen LogP contribution < -0.4 is 21.2 Å². The van der Waals surface area contributed by atoms with Gasteiger partial charge in [0, 0.05) is 0 Å². The van der Waals surface area contributed by atoms with E-state index in [9.17, 15) is 0 Å². The molecule has 0 bridgehead atoms. The minimum atomic E-state index is 0.539. The molecule has 0 heterocycles. The van der Waals surface area contributed by atoms with E-state index in [4.69, 9.17) is 0 Å². The van der Waals surface area contributed by atoms with Crippen LogP contribution in [0.25, 0.3) is 0 Å². The molecule has 0 radical (unpaired) electrons. The first-order valence-electron chi connectivity index (χ1n) is 4.38. The summed E-state index contributed by atoms with van der Waals surface area (Å²) in [6.07, 6.45) is 9.46. The Morgan fingerprint density at radius 1 is 1.20 bits per heavy atom. The van der Waals surface area contributed by atoms with E-state index in [2.05, 4.69) is 4.93 Å². The molecule has 1 heteroatoms. The second kappa shape index (κ2) is 2.65. The molecule has 0 aromatic heterocycles. The maximum atomic E-state index is 2.50. The zero-order valence-electron chi connectivity index (χ0n) is 6.70. The molecule has 2 fully saturated rings. The predicted molar refractivity (Wildman–Crippen MR) is 39.8 cm³/mol. The molecular formula is C9H16I-. The van der Waals surface area contributed by atoms with E-state index >= 15 is 0 Å². The van der Waals surface area contributed by atoms with Crippen LogP contribution in [0.2, 0.25) is 0 Å². The van der Waals surface area contributed by atoms with Crippen LogP contribution in [0.3, 0.4) is 0 Å². The molecule has 0 spiro atoms. The monoisotopic (exact) mass is 251 g/mol. The molecule has 10 heavy (non-hydrogen) atoms. The third kappa shape index (κ3) is 0.926. The van der Waals surface area contributed by atoms with Gasteiger partial charge in [-0.05, 0) is 0 Å². The van der Waals surface area contributed by atoms with Crippen molar-refractivity contribution in [3.63, 3.8) is 0 Å². The third-order valence-corrected chi connectivity index (χ3v) is 7.51. The van der Waals surface area contributed by atoms with Crippen LogP contribution in [0, 0.1) is 5.92 Å². The molecule has 0 aromatic rings. The summed E-state index contributed by atoms with van der Waals surface area (Å²) in [5, 5.41) is 0. The first kappa shape index (κ1) is 7.38. The van der Waals surface area contributed by atoms with E-state index in [1.54, 1.807) is 38.5 Å². The van der Waals surface area contributed by atoms with Gasteiger partial charge in [0.2, 0.25) is 0 Å². The Bertz CT molecular complexity index is 121. The van der Waals surface area contributed by atoms with E-state index < -0.39 is 0 Å². The van der Waals surface area contributed by atoms with Crippen molar-refractivity contribution in [1.82, 2.24) is 0 Å². The van der Waals surface area contributed by atoms with Gasteiger partial charge in [0.05, 0.1) is 0 Å². The summed E-state index contributed by atoms with van der Waals surface area (Å²) in [6.45, 7) is 0. The normalized spacial score (nSPS) is 46.3. The number of fused-ring (bicyclic) bond motifs is 1. The third-order valence-electron chi connectivity index (χ3n) is 3.40. The van der Waals surface area contributed by atoms with Gasteiger partial charge in [0.1, 0.15) is 0 Å². The minimum absolute atomic E-state index is 0.539. The van der Waals surface area contributed by atoms with E-state index in [0.717, 1.165) is 3.42 Å². The Labute approximate surface area is 74.0 Å². The van der Waals surface area contributed by atoms with E-state index in [1.165, 1.54) is 5.92 Å². The van der Waals surface area contributed by atoms with Crippen LogP contribution in [0.4, 0.5) is 0 Å². The van der Waals surface area contributed by atoms with Gasteiger partial charge >= 0.3 is 74.0 Å². The average Bonchev–Trinajstić information content (AvgIpc) is 2.42. The molecule has 0 N–H and O–H groups in total. The molecule has 2 rings (SSSR count). The van der Waals surface area contributed by atoms with E-state index in [-0.39, 0.29) is 0 Å². The number of hydrogen-bond donors (Lipinski definition) is 0. The van der Waals surface area contributed by atoms with Crippen LogP contribution in [0.1, 0.15) is 38.5 Å². The summed E-state index contributed by atoms with van der Waals surface area (Å²) in [6, 6.07) is 0. The average molecular weight is 251 g/mol. The quantitative estimate of drug-likeness (QED) is 0.432. The van der Waals surface area contributed by atoms with Crippen molar-refractivity contribution in [2.75, 3.05) is 4.93 Å². The molecule has 2 saturated carbocycles. The summed E-state index contributed by atoms with van der Waals surface area (Å²) in [5.41, 5.74) is 0. The molecule has 2 aliphatic carbocycles. The predicted octanol–water partition coefficient (Wildman–Crippen LogP) is -0.572. The summed E-state index contributed by atoms with van der Waals surface area (Å²) >= 11 is 0.539. The van der Waals surface area contributed by atoms with Crippen LogP contribution in [0.15, 0.2) is 0 Å². The molecule has 60 valence electrons. The number of halogens is 1. The van der Waals surface area contributed by atoms with Crippen LogP contribution in [0.5, 0.6) is 0 Å². The molecule has 0 nitrogen and oxygen atoms in total. The van der Waals surface area contributed by atoms with Crippen molar-refractivity contribution in [2.45, 2.75) is 41.9 Å².